The van der Waals surface area contributed by atoms with Crippen LogP contribution in [0, 0.1) is 11.7 Å². The number of carboxylic acids is 2. The highest BCUT2D eigenvalue weighted by molar-refractivity contribution is 7.21. The van der Waals surface area contributed by atoms with E-state index in [2.05, 4.69) is 41.4 Å². The molecule has 1 aliphatic carbocycles. The molecule has 2 fully saturated rings. The van der Waals surface area contributed by atoms with Crippen LogP contribution in [0.15, 0.2) is 60.7 Å². The molecule has 0 bridgehead atoms. The van der Waals surface area contributed by atoms with Gasteiger partial charge in [-0.25, -0.2) is 19.2 Å². The van der Waals surface area contributed by atoms with Crippen LogP contribution in [-0.2, 0) is 21.5 Å². The maximum Gasteiger partial charge on any atom is 0.490 e. The van der Waals surface area contributed by atoms with Crippen molar-refractivity contribution in [2.75, 3.05) is 13.1 Å². The fraction of sp³-hybridized carbons (Fsp3) is 0.286. The van der Waals surface area contributed by atoms with Gasteiger partial charge in [-0.2, -0.15) is 13.2 Å². The molecule has 6 rings (SSSR count). The van der Waals surface area contributed by atoms with Crippen molar-refractivity contribution < 1.29 is 37.4 Å². The average Bonchev–Trinajstić information content (AvgIpc) is 3.59. The number of aliphatic carboxylic acids is 2. The summed E-state index contributed by atoms with van der Waals surface area (Å²) in [7, 11) is 0. The molecule has 0 spiro atoms. The molecule has 0 radical (unpaired) electrons. The summed E-state index contributed by atoms with van der Waals surface area (Å²) in [4.78, 5) is 31.4. The largest absolute Gasteiger partial charge is 0.490 e. The number of likely N-dealkylation sites (tertiary alicyclic amines) is 1. The number of rotatable bonds is 6. The van der Waals surface area contributed by atoms with E-state index in [0.29, 0.717) is 35.9 Å². The van der Waals surface area contributed by atoms with Gasteiger partial charge in [-0.3, -0.25) is 9.69 Å². The van der Waals surface area contributed by atoms with Crippen LogP contribution in [0.25, 0.3) is 20.9 Å². The number of aromatic nitrogens is 2. The smallest absolute Gasteiger partial charge is 0.481 e. The summed E-state index contributed by atoms with van der Waals surface area (Å²) in [6.07, 6.45) is -2.93. The van der Waals surface area contributed by atoms with E-state index in [1.165, 1.54) is 23.0 Å². The second-order valence-corrected chi connectivity index (χ2v) is 10.9. The Hall–Kier alpha value is -3.90. The number of hydrogen-bond acceptors (Lipinski definition) is 6. The van der Waals surface area contributed by atoms with E-state index in [9.17, 15) is 22.4 Å². The number of pyridine rings is 1. The van der Waals surface area contributed by atoms with Crippen LogP contribution < -0.4 is 0 Å². The van der Waals surface area contributed by atoms with Gasteiger partial charge in [0.1, 0.15) is 10.8 Å². The molecule has 4 aromatic rings. The highest BCUT2D eigenvalue weighted by Gasteiger charge is 2.47. The van der Waals surface area contributed by atoms with Crippen molar-refractivity contribution in [2.24, 2.45) is 5.92 Å². The summed E-state index contributed by atoms with van der Waals surface area (Å²) in [5.74, 6) is -4.15. The first-order valence-electron chi connectivity index (χ1n) is 12.3. The SMILES string of the molecule is O=C(O)C(F)(F)F.O=C(O)C1CN(Cc2ccc(-c3nc4nc(C5(c6ccccc6)CC5)ccc4s3)c(F)c2)C1. The quantitative estimate of drug-likeness (QED) is 0.284. The summed E-state index contributed by atoms with van der Waals surface area (Å²) in [5.41, 5.74) is 4.26. The molecule has 2 aromatic heterocycles. The van der Waals surface area contributed by atoms with Crippen LogP contribution in [0.5, 0.6) is 0 Å². The Kier molecular flexibility index (Phi) is 7.32. The lowest BCUT2D eigenvalue weighted by atomic mass is 9.92. The number of halogens is 4. The van der Waals surface area contributed by atoms with Crippen molar-refractivity contribution in [3.63, 3.8) is 0 Å². The van der Waals surface area contributed by atoms with E-state index in [-0.39, 0.29) is 17.2 Å². The molecule has 7 nitrogen and oxygen atoms in total. The molecule has 1 saturated carbocycles. The lowest BCUT2D eigenvalue weighted by Crippen LogP contribution is -2.49. The zero-order chi connectivity index (χ0) is 28.7. The maximum absolute atomic E-state index is 15.0. The van der Waals surface area contributed by atoms with Gasteiger partial charge in [0.2, 0.25) is 0 Å². The molecule has 1 aliphatic heterocycles. The molecule has 1 saturated heterocycles. The summed E-state index contributed by atoms with van der Waals surface area (Å²) < 4.78 is 47.7. The average molecular weight is 574 g/mol. The van der Waals surface area contributed by atoms with Crippen LogP contribution in [0.3, 0.4) is 0 Å². The van der Waals surface area contributed by atoms with Gasteiger partial charge in [0.05, 0.1) is 16.3 Å². The molecular formula is C28H23F4N3O4S. The molecule has 40 heavy (non-hydrogen) atoms. The lowest BCUT2D eigenvalue weighted by molar-refractivity contribution is -0.192. The van der Waals surface area contributed by atoms with Gasteiger partial charge in [-0.15, -0.1) is 11.3 Å². The standard InChI is InChI=1S/C26H22FN3O2S.C2HF3O2/c27-20-12-16(13-30-14-17(15-30)25(31)32)6-7-19(20)24-29-23-21(33-24)8-9-22(28-23)26(10-11-26)18-4-2-1-3-5-18;3-2(4,5)1(6)7/h1-9,12,17H,10-11,13-15H2,(H,31,32);(H,6,7). The number of nitrogens with zero attached hydrogens (tertiary/aromatic N) is 3. The number of benzene rings is 2. The van der Waals surface area contributed by atoms with Crippen LogP contribution in [0.4, 0.5) is 17.6 Å². The Morgan fingerprint density at radius 1 is 1.00 bits per heavy atom. The molecule has 0 amide bonds. The van der Waals surface area contributed by atoms with Gasteiger partial charge in [-0.05, 0) is 48.2 Å². The number of thiazole rings is 1. The van der Waals surface area contributed by atoms with Gasteiger partial charge >= 0.3 is 18.1 Å². The fourth-order valence-corrected chi connectivity index (χ4v) is 5.65. The van der Waals surface area contributed by atoms with Crippen LogP contribution in [-0.4, -0.2) is 56.3 Å². The molecule has 2 aliphatic rings. The van der Waals surface area contributed by atoms with Crippen molar-refractivity contribution >= 4 is 33.6 Å². The monoisotopic (exact) mass is 573 g/mol. The van der Waals surface area contributed by atoms with Crippen molar-refractivity contribution in [3.05, 3.63) is 83.3 Å². The normalized spacial score (nSPS) is 16.6. The summed E-state index contributed by atoms with van der Waals surface area (Å²) in [5, 5.41) is 16.8. The first-order valence-corrected chi connectivity index (χ1v) is 13.2. The van der Waals surface area contributed by atoms with Crippen LogP contribution in [0.1, 0.15) is 29.7 Å². The maximum atomic E-state index is 15.0. The van der Waals surface area contributed by atoms with E-state index in [0.717, 1.165) is 28.8 Å². The molecule has 3 heterocycles. The molecular weight excluding hydrogens is 550 g/mol. The van der Waals surface area contributed by atoms with Crippen molar-refractivity contribution in [1.29, 1.82) is 0 Å². The Bertz CT molecular complexity index is 1570. The Labute approximate surface area is 229 Å². The Morgan fingerprint density at radius 2 is 1.68 bits per heavy atom. The number of fused-ring (bicyclic) bond motifs is 1. The first-order chi connectivity index (χ1) is 19.0. The Balaban J connectivity index is 0.000000411. The predicted octanol–water partition coefficient (Wildman–Crippen LogP) is 5.73. The minimum Gasteiger partial charge on any atom is -0.481 e. The molecule has 2 aromatic carbocycles. The second kappa shape index (κ2) is 10.6. The third-order valence-corrected chi connectivity index (χ3v) is 8.08. The van der Waals surface area contributed by atoms with Gasteiger partial charge in [0, 0.05) is 30.6 Å². The lowest BCUT2D eigenvalue weighted by Gasteiger charge is -2.36. The predicted molar refractivity (Wildman–Crippen MR) is 139 cm³/mol. The van der Waals surface area contributed by atoms with Crippen LogP contribution in [0.2, 0.25) is 0 Å². The fourth-order valence-electron chi connectivity index (χ4n) is 4.72. The summed E-state index contributed by atoms with van der Waals surface area (Å²) in [6.45, 7) is 1.57. The number of carbonyl (C=O) groups is 2. The zero-order valence-corrected chi connectivity index (χ0v) is 21.7. The molecule has 0 unspecified atom stereocenters. The molecule has 12 heteroatoms. The molecule has 208 valence electrons. The van der Waals surface area contributed by atoms with Crippen molar-refractivity contribution in [1.82, 2.24) is 14.9 Å². The number of hydrogen-bond donors (Lipinski definition) is 2. The minimum atomic E-state index is -5.08. The van der Waals surface area contributed by atoms with Gasteiger partial charge < -0.3 is 10.2 Å². The van der Waals surface area contributed by atoms with Gasteiger partial charge in [0.25, 0.3) is 0 Å². The van der Waals surface area contributed by atoms with Crippen molar-refractivity contribution in [3.8, 4) is 10.6 Å². The highest BCUT2D eigenvalue weighted by atomic mass is 32.1. The second-order valence-electron chi connectivity index (χ2n) is 9.83. The zero-order valence-electron chi connectivity index (χ0n) is 20.9. The van der Waals surface area contributed by atoms with E-state index in [1.807, 2.05) is 17.0 Å². The topological polar surface area (TPSA) is 104 Å². The minimum absolute atomic E-state index is 0.0252. The van der Waals surface area contributed by atoms with Gasteiger partial charge in [-0.1, -0.05) is 36.4 Å². The molecule has 2 N–H and O–H groups in total. The van der Waals surface area contributed by atoms with Crippen LogP contribution >= 0.6 is 11.3 Å². The highest BCUT2D eigenvalue weighted by Crippen LogP contribution is 2.53. The first kappa shape index (κ1) is 27.7. The number of alkyl halides is 3. The third-order valence-electron chi connectivity index (χ3n) is 7.04. The van der Waals surface area contributed by atoms with E-state index in [4.69, 9.17) is 20.0 Å². The van der Waals surface area contributed by atoms with Gasteiger partial charge in [0.15, 0.2) is 5.65 Å². The summed E-state index contributed by atoms with van der Waals surface area (Å²) in [6, 6.07) is 19.8. The Morgan fingerprint density at radius 3 is 2.25 bits per heavy atom. The van der Waals surface area contributed by atoms with E-state index < -0.39 is 18.1 Å². The summed E-state index contributed by atoms with van der Waals surface area (Å²) >= 11 is 1.45. The molecule has 0 atom stereocenters. The third kappa shape index (κ3) is 5.68. The van der Waals surface area contributed by atoms with E-state index in [1.54, 1.807) is 6.07 Å². The van der Waals surface area contributed by atoms with Crippen molar-refractivity contribution in [2.45, 2.75) is 31.0 Å². The number of carboxylic acid groups (broad SMARTS) is 2. The van der Waals surface area contributed by atoms with E-state index >= 15 is 0 Å².